The summed E-state index contributed by atoms with van der Waals surface area (Å²) in [5.41, 5.74) is 2.64. The first-order valence-corrected chi connectivity index (χ1v) is 10.5. The Morgan fingerprint density at radius 2 is 1.91 bits per heavy atom. The molecule has 0 saturated carbocycles. The summed E-state index contributed by atoms with van der Waals surface area (Å²) in [6, 6.07) is 15.4. The van der Waals surface area contributed by atoms with Crippen LogP contribution in [0.15, 0.2) is 60.8 Å². The Balaban J connectivity index is 1.56. The number of aryl methyl sites for hydroxylation is 1. The van der Waals surface area contributed by atoms with Crippen molar-refractivity contribution >= 4 is 34.3 Å². The minimum absolute atomic E-state index is 0.115. The molecule has 0 aliphatic carbocycles. The molecule has 0 bridgehead atoms. The molecule has 2 aromatic carbocycles. The van der Waals surface area contributed by atoms with Crippen molar-refractivity contribution in [3.63, 3.8) is 0 Å². The van der Waals surface area contributed by atoms with Crippen LogP contribution in [-0.4, -0.2) is 38.2 Å². The van der Waals surface area contributed by atoms with Gasteiger partial charge in [-0.05, 0) is 26.0 Å². The molecule has 0 unspecified atom stereocenters. The van der Waals surface area contributed by atoms with Gasteiger partial charge in [-0.3, -0.25) is 14.9 Å². The number of nitrogens with zero attached hydrogens (tertiary/aromatic N) is 4. The van der Waals surface area contributed by atoms with Gasteiger partial charge in [-0.25, -0.2) is 14.5 Å². The van der Waals surface area contributed by atoms with E-state index in [1.807, 2.05) is 37.3 Å². The molecule has 4 aromatic rings. The molecule has 0 fully saturated rings. The van der Waals surface area contributed by atoms with Gasteiger partial charge in [-0.2, -0.15) is 5.10 Å². The van der Waals surface area contributed by atoms with Crippen LogP contribution in [0.2, 0.25) is 0 Å². The molecule has 0 atom stereocenters. The standard InChI is InChI=1S/C24H21N5O5/c1-3-28-23-18(13-25-28)17(12-20(27-23)16-8-5-4-6-9-16)24(31)34-14-22(30)26-19-10-7-11-21(15(19)2)29(32)33/h4-13H,3,14H2,1-2H3,(H,26,30). The summed E-state index contributed by atoms with van der Waals surface area (Å²) >= 11 is 0. The van der Waals surface area contributed by atoms with Crippen LogP contribution in [0.3, 0.4) is 0 Å². The number of anilines is 1. The van der Waals surface area contributed by atoms with Gasteiger partial charge >= 0.3 is 5.97 Å². The maximum Gasteiger partial charge on any atom is 0.339 e. The maximum absolute atomic E-state index is 13.0. The molecule has 0 aliphatic rings. The average molecular weight is 459 g/mol. The zero-order valence-corrected chi connectivity index (χ0v) is 18.5. The summed E-state index contributed by atoms with van der Waals surface area (Å²) in [5.74, 6) is -1.32. The number of hydrogen-bond acceptors (Lipinski definition) is 7. The Labute approximate surface area is 194 Å². The maximum atomic E-state index is 13.0. The van der Waals surface area contributed by atoms with E-state index in [2.05, 4.69) is 15.4 Å². The van der Waals surface area contributed by atoms with Crippen LogP contribution in [0.1, 0.15) is 22.8 Å². The Kier molecular flexibility index (Phi) is 6.30. The quantitative estimate of drug-likeness (QED) is 0.250. The number of nitro groups is 1. The van der Waals surface area contributed by atoms with Gasteiger partial charge in [0.25, 0.3) is 11.6 Å². The number of benzene rings is 2. The first-order chi connectivity index (χ1) is 16.4. The van der Waals surface area contributed by atoms with Crippen molar-refractivity contribution in [1.82, 2.24) is 14.8 Å². The van der Waals surface area contributed by atoms with Crippen molar-refractivity contribution in [2.24, 2.45) is 0 Å². The number of rotatable bonds is 7. The van der Waals surface area contributed by atoms with Gasteiger partial charge in [-0.1, -0.05) is 36.4 Å². The summed E-state index contributed by atoms with van der Waals surface area (Å²) in [4.78, 5) is 40.6. The number of esters is 1. The summed E-state index contributed by atoms with van der Waals surface area (Å²) in [5, 5.41) is 18.5. The molecule has 172 valence electrons. The van der Waals surface area contributed by atoms with E-state index in [1.165, 1.54) is 19.1 Å². The van der Waals surface area contributed by atoms with E-state index in [0.29, 0.717) is 28.8 Å². The minimum Gasteiger partial charge on any atom is -0.452 e. The molecular formula is C24H21N5O5. The highest BCUT2D eigenvalue weighted by atomic mass is 16.6. The fourth-order valence-electron chi connectivity index (χ4n) is 3.56. The predicted octanol–water partition coefficient (Wildman–Crippen LogP) is 4.13. The summed E-state index contributed by atoms with van der Waals surface area (Å²) in [7, 11) is 0. The van der Waals surface area contributed by atoms with E-state index in [-0.39, 0.29) is 16.9 Å². The Bertz CT molecular complexity index is 1400. The van der Waals surface area contributed by atoms with Crippen LogP contribution in [0.5, 0.6) is 0 Å². The molecule has 1 amide bonds. The van der Waals surface area contributed by atoms with E-state index in [0.717, 1.165) is 5.56 Å². The van der Waals surface area contributed by atoms with Crippen molar-refractivity contribution in [2.75, 3.05) is 11.9 Å². The van der Waals surface area contributed by atoms with Crippen LogP contribution >= 0.6 is 0 Å². The molecule has 10 nitrogen and oxygen atoms in total. The lowest BCUT2D eigenvalue weighted by atomic mass is 10.1. The van der Waals surface area contributed by atoms with Crippen LogP contribution in [0.25, 0.3) is 22.3 Å². The zero-order valence-electron chi connectivity index (χ0n) is 18.5. The zero-order chi connectivity index (χ0) is 24.2. The molecule has 0 radical (unpaired) electrons. The van der Waals surface area contributed by atoms with E-state index < -0.39 is 23.4 Å². The monoisotopic (exact) mass is 459 g/mol. The first kappa shape index (κ1) is 22.6. The number of carbonyl (C=O) groups is 2. The lowest BCUT2D eigenvalue weighted by Gasteiger charge is -2.10. The third kappa shape index (κ3) is 4.46. The fraction of sp³-hybridized carbons (Fsp3) is 0.167. The topological polar surface area (TPSA) is 129 Å². The van der Waals surface area contributed by atoms with Gasteiger partial charge < -0.3 is 10.1 Å². The number of hydrogen-bond donors (Lipinski definition) is 1. The smallest absolute Gasteiger partial charge is 0.339 e. The highest BCUT2D eigenvalue weighted by molar-refractivity contribution is 6.05. The summed E-state index contributed by atoms with van der Waals surface area (Å²) in [6.07, 6.45) is 1.55. The van der Waals surface area contributed by atoms with Crippen molar-refractivity contribution in [2.45, 2.75) is 20.4 Å². The predicted molar refractivity (Wildman–Crippen MR) is 125 cm³/mol. The van der Waals surface area contributed by atoms with E-state index in [1.54, 1.807) is 23.0 Å². The third-order valence-corrected chi connectivity index (χ3v) is 5.31. The largest absolute Gasteiger partial charge is 0.452 e. The SMILES string of the molecule is CCn1ncc2c(C(=O)OCC(=O)Nc3cccc([N+](=O)[O-])c3C)cc(-c3ccccc3)nc21. The van der Waals surface area contributed by atoms with E-state index >= 15 is 0 Å². The first-order valence-electron chi connectivity index (χ1n) is 10.5. The van der Waals surface area contributed by atoms with Crippen LogP contribution < -0.4 is 5.32 Å². The molecule has 1 N–H and O–H groups in total. The number of nitro benzene ring substituents is 1. The van der Waals surface area contributed by atoms with Crippen LogP contribution in [0, 0.1) is 17.0 Å². The van der Waals surface area contributed by atoms with Crippen LogP contribution in [-0.2, 0) is 16.1 Å². The van der Waals surface area contributed by atoms with Gasteiger partial charge in [0.05, 0.1) is 39.0 Å². The molecular weight excluding hydrogens is 438 g/mol. The average Bonchev–Trinajstić information content (AvgIpc) is 3.26. The second-order valence-electron chi connectivity index (χ2n) is 7.45. The molecule has 0 saturated heterocycles. The number of pyridine rings is 1. The summed E-state index contributed by atoms with van der Waals surface area (Å²) in [6.45, 7) is 3.45. The van der Waals surface area contributed by atoms with Crippen LogP contribution in [0.4, 0.5) is 11.4 Å². The highest BCUT2D eigenvalue weighted by Gasteiger charge is 2.20. The molecule has 4 rings (SSSR count). The van der Waals surface area contributed by atoms with E-state index in [9.17, 15) is 19.7 Å². The number of carbonyl (C=O) groups excluding carboxylic acids is 2. The Hall–Kier alpha value is -4.60. The van der Waals surface area contributed by atoms with Gasteiger partial charge in [0.15, 0.2) is 12.3 Å². The Morgan fingerprint density at radius 1 is 1.15 bits per heavy atom. The number of fused-ring (bicyclic) bond motifs is 1. The minimum atomic E-state index is -0.703. The van der Waals surface area contributed by atoms with Gasteiger partial charge in [0.2, 0.25) is 0 Å². The molecule has 34 heavy (non-hydrogen) atoms. The second kappa shape index (κ2) is 9.49. The normalized spacial score (nSPS) is 10.8. The number of aromatic nitrogens is 3. The van der Waals surface area contributed by atoms with E-state index in [4.69, 9.17) is 4.74 Å². The highest BCUT2D eigenvalue weighted by Crippen LogP contribution is 2.26. The number of ether oxygens (including phenoxy) is 1. The number of nitrogens with one attached hydrogen (secondary N) is 1. The number of amides is 1. The molecule has 10 heteroatoms. The Morgan fingerprint density at radius 3 is 2.62 bits per heavy atom. The third-order valence-electron chi connectivity index (χ3n) is 5.31. The van der Waals surface area contributed by atoms with Gasteiger partial charge in [0, 0.05) is 18.2 Å². The molecule has 0 spiro atoms. The van der Waals surface area contributed by atoms with Crippen molar-refractivity contribution in [3.05, 3.63) is 82.0 Å². The van der Waals surface area contributed by atoms with Gasteiger partial charge in [0.1, 0.15) is 0 Å². The lowest BCUT2D eigenvalue weighted by molar-refractivity contribution is -0.385. The second-order valence-corrected chi connectivity index (χ2v) is 7.45. The van der Waals surface area contributed by atoms with Crippen molar-refractivity contribution in [1.29, 1.82) is 0 Å². The fourth-order valence-corrected chi connectivity index (χ4v) is 3.56. The van der Waals surface area contributed by atoms with Gasteiger partial charge in [-0.15, -0.1) is 0 Å². The lowest BCUT2D eigenvalue weighted by Crippen LogP contribution is -2.21. The molecule has 0 aliphatic heterocycles. The molecule has 2 heterocycles. The van der Waals surface area contributed by atoms with Crippen molar-refractivity contribution < 1.29 is 19.2 Å². The van der Waals surface area contributed by atoms with Crippen molar-refractivity contribution in [3.8, 4) is 11.3 Å². The molecule has 2 aromatic heterocycles. The summed E-state index contributed by atoms with van der Waals surface area (Å²) < 4.78 is 6.95.